The second-order valence-electron chi connectivity index (χ2n) is 3.72. The van der Waals surface area contributed by atoms with E-state index in [1.54, 1.807) is 6.08 Å². The van der Waals surface area contributed by atoms with Gasteiger partial charge in [0.05, 0.1) is 12.2 Å². The molecule has 5 nitrogen and oxygen atoms in total. The van der Waals surface area contributed by atoms with Gasteiger partial charge in [-0.3, -0.25) is 0 Å². The minimum absolute atomic E-state index is 0.425. The first kappa shape index (κ1) is 10.2. The number of nitrogens with zero attached hydrogens (tertiary/aromatic N) is 3. The molecule has 15 heavy (non-hydrogen) atoms. The molecular formula is C10H16N4O. The lowest BCUT2D eigenvalue weighted by Gasteiger charge is -2.22. The third-order valence-electron chi connectivity index (χ3n) is 2.71. The van der Waals surface area contributed by atoms with E-state index in [0.29, 0.717) is 18.3 Å². The van der Waals surface area contributed by atoms with E-state index in [0.717, 1.165) is 31.7 Å². The Balaban J connectivity index is 2.23. The second kappa shape index (κ2) is 4.44. The van der Waals surface area contributed by atoms with E-state index in [4.69, 9.17) is 10.5 Å². The fourth-order valence-corrected chi connectivity index (χ4v) is 1.98. The molecule has 5 heteroatoms. The van der Waals surface area contributed by atoms with Gasteiger partial charge in [-0.2, -0.15) is 0 Å². The average molecular weight is 208 g/mol. The van der Waals surface area contributed by atoms with Crippen LogP contribution in [0.3, 0.4) is 0 Å². The van der Waals surface area contributed by atoms with Crippen molar-refractivity contribution in [3.05, 3.63) is 18.3 Å². The van der Waals surface area contributed by atoms with Crippen LogP contribution in [0, 0.1) is 0 Å². The maximum atomic E-state index is 5.83. The van der Waals surface area contributed by atoms with Crippen molar-refractivity contribution < 1.29 is 4.74 Å². The van der Waals surface area contributed by atoms with Crippen LogP contribution in [0.4, 0.5) is 5.82 Å². The molecule has 0 amide bonds. The number of nitrogens with two attached hydrogens (primary N) is 1. The molecule has 0 unspecified atom stereocenters. The van der Waals surface area contributed by atoms with Gasteiger partial charge in [0, 0.05) is 19.1 Å². The fraction of sp³-hybridized carbons (Fsp3) is 0.600. The monoisotopic (exact) mass is 208 g/mol. The highest BCUT2D eigenvalue weighted by Gasteiger charge is 2.23. The third kappa shape index (κ3) is 2.02. The van der Waals surface area contributed by atoms with Crippen LogP contribution in [0.2, 0.25) is 0 Å². The van der Waals surface area contributed by atoms with Crippen molar-refractivity contribution in [3.63, 3.8) is 0 Å². The van der Waals surface area contributed by atoms with E-state index >= 15 is 0 Å². The molecule has 0 spiro atoms. The molecule has 0 atom stereocenters. The first-order valence-electron chi connectivity index (χ1n) is 5.20. The number of hydrogen-bond acceptors (Lipinski definition) is 4. The molecular weight excluding hydrogens is 192 g/mol. The number of allylic oxidation sites excluding steroid dienone is 1. The summed E-state index contributed by atoms with van der Waals surface area (Å²) in [6, 6.07) is 0. The zero-order valence-electron chi connectivity index (χ0n) is 8.72. The summed E-state index contributed by atoms with van der Waals surface area (Å²) in [5, 5.41) is 7.92. The number of anilines is 1. The van der Waals surface area contributed by atoms with Crippen molar-refractivity contribution in [3.8, 4) is 0 Å². The van der Waals surface area contributed by atoms with Gasteiger partial charge in [-0.05, 0) is 12.8 Å². The van der Waals surface area contributed by atoms with Gasteiger partial charge < -0.3 is 10.5 Å². The Bertz CT molecular complexity index is 341. The van der Waals surface area contributed by atoms with Gasteiger partial charge in [0.1, 0.15) is 0 Å². The van der Waals surface area contributed by atoms with Gasteiger partial charge in [0.2, 0.25) is 0 Å². The summed E-state index contributed by atoms with van der Waals surface area (Å²) in [7, 11) is 0. The molecule has 0 saturated carbocycles. The first-order chi connectivity index (χ1) is 7.33. The summed E-state index contributed by atoms with van der Waals surface area (Å²) in [5.41, 5.74) is 6.87. The zero-order valence-corrected chi connectivity index (χ0v) is 8.72. The van der Waals surface area contributed by atoms with E-state index in [-0.39, 0.29) is 0 Å². The summed E-state index contributed by atoms with van der Waals surface area (Å²) < 4.78 is 7.16. The van der Waals surface area contributed by atoms with E-state index < -0.39 is 0 Å². The molecule has 82 valence electrons. The van der Waals surface area contributed by atoms with E-state index in [1.165, 1.54) is 0 Å². The summed E-state index contributed by atoms with van der Waals surface area (Å²) in [4.78, 5) is 0. The molecule has 1 aromatic rings. The minimum Gasteiger partial charge on any atom is -0.381 e. The number of ether oxygens (including phenoxy) is 1. The van der Waals surface area contributed by atoms with E-state index in [1.807, 2.05) is 4.68 Å². The third-order valence-corrected chi connectivity index (χ3v) is 2.71. The smallest absolute Gasteiger partial charge is 0.169 e. The van der Waals surface area contributed by atoms with Crippen molar-refractivity contribution >= 4 is 5.82 Å². The van der Waals surface area contributed by atoms with Crippen LogP contribution in [-0.4, -0.2) is 28.2 Å². The maximum absolute atomic E-state index is 5.83. The molecule has 1 fully saturated rings. The average Bonchev–Trinajstić information content (AvgIpc) is 2.62. The molecule has 1 aliphatic rings. The Hall–Kier alpha value is -1.36. The molecule has 1 saturated heterocycles. The molecule has 2 heterocycles. The van der Waals surface area contributed by atoms with Crippen LogP contribution in [0.5, 0.6) is 0 Å². The lowest BCUT2D eigenvalue weighted by atomic mass is 9.96. The van der Waals surface area contributed by atoms with Crippen molar-refractivity contribution in [1.82, 2.24) is 15.0 Å². The maximum Gasteiger partial charge on any atom is 0.169 e. The van der Waals surface area contributed by atoms with E-state index in [2.05, 4.69) is 16.9 Å². The van der Waals surface area contributed by atoms with Crippen LogP contribution in [0.1, 0.15) is 24.5 Å². The van der Waals surface area contributed by atoms with Crippen LogP contribution >= 0.6 is 0 Å². The van der Waals surface area contributed by atoms with Crippen LogP contribution < -0.4 is 5.73 Å². The predicted octanol–water partition coefficient (Wildman–Crippen LogP) is 0.940. The highest BCUT2D eigenvalue weighted by Crippen LogP contribution is 2.29. The standard InChI is InChI=1S/C10H16N4O/c1-2-5-14-9(10(11)12-13-14)8-3-6-15-7-4-8/h2,8H,1,3-7,11H2. The Labute approximate surface area is 88.9 Å². The first-order valence-corrected chi connectivity index (χ1v) is 5.20. The fourth-order valence-electron chi connectivity index (χ4n) is 1.98. The lowest BCUT2D eigenvalue weighted by Crippen LogP contribution is -2.18. The quantitative estimate of drug-likeness (QED) is 0.751. The van der Waals surface area contributed by atoms with Gasteiger partial charge in [0.25, 0.3) is 0 Å². The SMILES string of the molecule is C=CCn1nnc(N)c1C1CCOCC1. The second-order valence-corrected chi connectivity index (χ2v) is 3.72. The van der Waals surface area contributed by atoms with Gasteiger partial charge in [0.15, 0.2) is 5.82 Å². The molecule has 0 aliphatic carbocycles. The Morgan fingerprint density at radius 1 is 1.53 bits per heavy atom. The molecule has 1 aliphatic heterocycles. The summed E-state index contributed by atoms with van der Waals surface area (Å²) in [6.07, 6.45) is 3.79. The normalized spacial score (nSPS) is 17.9. The Kier molecular flexibility index (Phi) is 3.01. The summed E-state index contributed by atoms with van der Waals surface area (Å²) in [5.74, 6) is 0.970. The topological polar surface area (TPSA) is 66.0 Å². The summed E-state index contributed by atoms with van der Waals surface area (Å²) in [6.45, 7) is 5.95. The minimum atomic E-state index is 0.425. The molecule has 0 bridgehead atoms. The Morgan fingerprint density at radius 2 is 2.27 bits per heavy atom. The van der Waals surface area contributed by atoms with Gasteiger partial charge in [-0.25, -0.2) is 4.68 Å². The Morgan fingerprint density at radius 3 is 2.93 bits per heavy atom. The van der Waals surface area contributed by atoms with Crippen LogP contribution in [-0.2, 0) is 11.3 Å². The molecule has 2 rings (SSSR count). The van der Waals surface area contributed by atoms with Crippen molar-refractivity contribution in [2.45, 2.75) is 25.3 Å². The number of nitrogen functional groups attached to an aromatic ring is 1. The van der Waals surface area contributed by atoms with Gasteiger partial charge in [-0.15, -0.1) is 11.7 Å². The predicted molar refractivity (Wildman–Crippen MR) is 57.4 cm³/mol. The van der Waals surface area contributed by atoms with Crippen molar-refractivity contribution in [2.24, 2.45) is 0 Å². The highest BCUT2D eigenvalue weighted by molar-refractivity contribution is 5.36. The van der Waals surface area contributed by atoms with Crippen LogP contribution in [0.15, 0.2) is 12.7 Å². The summed E-state index contributed by atoms with van der Waals surface area (Å²) >= 11 is 0. The van der Waals surface area contributed by atoms with Crippen LogP contribution in [0.25, 0.3) is 0 Å². The molecule has 0 radical (unpaired) electrons. The van der Waals surface area contributed by atoms with Crippen molar-refractivity contribution in [2.75, 3.05) is 18.9 Å². The number of rotatable bonds is 3. The van der Waals surface area contributed by atoms with Crippen molar-refractivity contribution in [1.29, 1.82) is 0 Å². The highest BCUT2D eigenvalue weighted by atomic mass is 16.5. The van der Waals surface area contributed by atoms with E-state index in [9.17, 15) is 0 Å². The molecule has 2 N–H and O–H groups in total. The number of aromatic nitrogens is 3. The lowest BCUT2D eigenvalue weighted by molar-refractivity contribution is 0.0837. The number of hydrogen-bond donors (Lipinski definition) is 1. The molecule has 1 aromatic heterocycles. The zero-order chi connectivity index (χ0) is 10.7. The largest absolute Gasteiger partial charge is 0.381 e. The van der Waals surface area contributed by atoms with Gasteiger partial charge in [-0.1, -0.05) is 11.3 Å². The molecule has 0 aromatic carbocycles. The van der Waals surface area contributed by atoms with Gasteiger partial charge >= 0.3 is 0 Å².